The Hall–Kier alpha value is -2.61. The van der Waals surface area contributed by atoms with Crippen molar-refractivity contribution in [2.75, 3.05) is 0 Å². The Labute approximate surface area is 124 Å². The second-order valence-corrected chi connectivity index (χ2v) is 5.24. The Morgan fingerprint density at radius 1 is 0.857 bits per heavy atom. The first-order chi connectivity index (χ1) is 10.2. The molecule has 0 aliphatic heterocycles. The number of hydrogen-bond acceptors (Lipinski definition) is 1. The van der Waals surface area contributed by atoms with E-state index in [0.29, 0.717) is 6.54 Å². The number of aryl methyl sites for hydroxylation is 1. The minimum atomic E-state index is 0.0234. The molecule has 21 heavy (non-hydrogen) atoms. The fourth-order valence-corrected chi connectivity index (χ4v) is 2.43. The standard InChI is InChI=1S/C19H17NO/c1-15-6-5-9-17(12-15)18-10-11-19(21)20(14-18)13-16-7-3-2-4-8-16/h2-12,14H,13H2,1H3. The molecule has 2 aromatic carbocycles. The topological polar surface area (TPSA) is 22.0 Å². The van der Waals surface area contributed by atoms with Gasteiger partial charge in [-0.3, -0.25) is 4.79 Å². The Balaban J connectivity index is 1.99. The van der Waals surface area contributed by atoms with Crippen LogP contribution in [-0.2, 0) is 6.54 Å². The molecule has 0 amide bonds. The van der Waals surface area contributed by atoms with Gasteiger partial charge in [0.1, 0.15) is 0 Å². The Kier molecular flexibility index (Phi) is 3.69. The molecule has 0 fully saturated rings. The first-order valence-electron chi connectivity index (χ1n) is 7.04. The molecule has 1 aromatic heterocycles. The Morgan fingerprint density at radius 2 is 1.67 bits per heavy atom. The number of nitrogens with zero attached hydrogens (tertiary/aromatic N) is 1. The van der Waals surface area contributed by atoms with E-state index in [9.17, 15) is 4.79 Å². The molecule has 0 saturated heterocycles. The zero-order valence-electron chi connectivity index (χ0n) is 12.0. The molecule has 0 N–H and O–H groups in total. The number of pyridine rings is 1. The quantitative estimate of drug-likeness (QED) is 0.711. The van der Waals surface area contributed by atoms with Crippen LogP contribution in [0, 0.1) is 6.92 Å². The minimum Gasteiger partial charge on any atom is -0.310 e. The zero-order chi connectivity index (χ0) is 14.7. The summed E-state index contributed by atoms with van der Waals surface area (Å²) in [7, 11) is 0. The van der Waals surface area contributed by atoms with E-state index in [0.717, 1.165) is 16.7 Å². The highest BCUT2D eigenvalue weighted by Gasteiger charge is 2.02. The third-order valence-electron chi connectivity index (χ3n) is 3.53. The lowest BCUT2D eigenvalue weighted by molar-refractivity contribution is 0.761. The maximum Gasteiger partial charge on any atom is 0.250 e. The summed E-state index contributed by atoms with van der Waals surface area (Å²) >= 11 is 0. The van der Waals surface area contributed by atoms with Crippen molar-refractivity contribution in [3.05, 3.63) is 94.4 Å². The molecule has 0 aliphatic rings. The van der Waals surface area contributed by atoms with Gasteiger partial charge in [-0.05, 0) is 29.7 Å². The summed E-state index contributed by atoms with van der Waals surface area (Å²) in [5.74, 6) is 0. The van der Waals surface area contributed by atoms with Gasteiger partial charge in [-0.1, -0.05) is 60.2 Å². The van der Waals surface area contributed by atoms with E-state index in [-0.39, 0.29) is 5.56 Å². The van der Waals surface area contributed by atoms with Crippen molar-refractivity contribution < 1.29 is 0 Å². The molecule has 2 heteroatoms. The van der Waals surface area contributed by atoms with Crippen LogP contribution in [0.3, 0.4) is 0 Å². The highest BCUT2D eigenvalue weighted by molar-refractivity contribution is 5.63. The van der Waals surface area contributed by atoms with Crippen LogP contribution in [-0.4, -0.2) is 4.57 Å². The van der Waals surface area contributed by atoms with Gasteiger partial charge in [0, 0.05) is 12.3 Å². The SMILES string of the molecule is Cc1cccc(-c2ccc(=O)n(Cc3ccccc3)c2)c1. The monoisotopic (exact) mass is 275 g/mol. The molecular formula is C19H17NO. The maximum absolute atomic E-state index is 12.0. The molecule has 0 bridgehead atoms. The molecule has 104 valence electrons. The van der Waals surface area contributed by atoms with Crippen molar-refractivity contribution in [1.29, 1.82) is 0 Å². The normalized spacial score (nSPS) is 10.5. The smallest absolute Gasteiger partial charge is 0.250 e. The van der Waals surface area contributed by atoms with Crippen LogP contribution in [0.5, 0.6) is 0 Å². The van der Waals surface area contributed by atoms with Gasteiger partial charge in [0.25, 0.3) is 5.56 Å². The van der Waals surface area contributed by atoms with Crippen LogP contribution in [0.15, 0.2) is 77.7 Å². The first kappa shape index (κ1) is 13.4. The predicted molar refractivity (Wildman–Crippen MR) is 86.4 cm³/mol. The second-order valence-electron chi connectivity index (χ2n) is 5.24. The average molecular weight is 275 g/mol. The lowest BCUT2D eigenvalue weighted by Crippen LogP contribution is -2.19. The second kappa shape index (κ2) is 5.80. The van der Waals surface area contributed by atoms with Crippen LogP contribution < -0.4 is 5.56 Å². The lowest BCUT2D eigenvalue weighted by Gasteiger charge is -2.09. The van der Waals surface area contributed by atoms with E-state index < -0.39 is 0 Å². The first-order valence-corrected chi connectivity index (χ1v) is 7.04. The number of benzene rings is 2. The Bertz CT molecular complexity index is 803. The van der Waals surface area contributed by atoms with E-state index in [1.54, 1.807) is 10.6 Å². The van der Waals surface area contributed by atoms with E-state index >= 15 is 0 Å². The van der Waals surface area contributed by atoms with Gasteiger partial charge in [0.05, 0.1) is 6.54 Å². The lowest BCUT2D eigenvalue weighted by atomic mass is 10.1. The van der Waals surface area contributed by atoms with Crippen molar-refractivity contribution in [1.82, 2.24) is 4.57 Å². The van der Waals surface area contributed by atoms with Crippen molar-refractivity contribution in [2.45, 2.75) is 13.5 Å². The molecule has 3 rings (SSSR count). The minimum absolute atomic E-state index is 0.0234. The summed E-state index contributed by atoms with van der Waals surface area (Å²) in [6.07, 6.45) is 1.93. The largest absolute Gasteiger partial charge is 0.310 e. The Morgan fingerprint density at radius 3 is 2.43 bits per heavy atom. The fraction of sp³-hybridized carbons (Fsp3) is 0.105. The van der Waals surface area contributed by atoms with Crippen LogP contribution in [0.1, 0.15) is 11.1 Å². The summed E-state index contributed by atoms with van der Waals surface area (Å²) in [5, 5.41) is 0. The van der Waals surface area contributed by atoms with Gasteiger partial charge in [0.2, 0.25) is 0 Å². The number of rotatable bonds is 3. The molecule has 0 radical (unpaired) electrons. The molecule has 0 saturated carbocycles. The third-order valence-corrected chi connectivity index (χ3v) is 3.53. The third kappa shape index (κ3) is 3.11. The molecule has 3 aromatic rings. The van der Waals surface area contributed by atoms with Crippen LogP contribution in [0.2, 0.25) is 0 Å². The molecule has 0 spiro atoms. The van der Waals surface area contributed by atoms with Crippen molar-refractivity contribution >= 4 is 0 Å². The van der Waals surface area contributed by atoms with Crippen LogP contribution in [0.4, 0.5) is 0 Å². The van der Waals surface area contributed by atoms with Crippen LogP contribution in [0.25, 0.3) is 11.1 Å². The predicted octanol–water partition coefficient (Wildman–Crippen LogP) is 3.87. The highest BCUT2D eigenvalue weighted by Crippen LogP contribution is 2.19. The number of aromatic nitrogens is 1. The molecule has 0 unspecified atom stereocenters. The molecule has 0 aliphatic carbocycles. The fourth-order valence-electron chi connectivity index (χ4n) is 2.43. The summed E-state index contributed by atoms with van der Waals surface area (Å²) in [6, 6.07) is 21.9. The van der Waals surface area contributed by atoms with Gasteiger partial charge in [0.15, 0.2) is 0 Å². The molecule has 2 nitrogen and oxygen atoms in total. The van der Waals surface area contributed by atoms with Gasteiger partial charge in [-0.25, -0.2) is 0 Å². The summed E-state index contributed by atoms with van der Waals surface area (Å²) < 4.78 is 1.76. The van der Waals surface area contributed by atoms with Crippen molar-refractivity contribution in [3.63, 3.8) is 0 Å². The van der Waals surface area contributed by atoms with Gasteiger partial charge in [-0.2, -0.15) is 0 Å². The number of hydrogen-bond donors (Lipinski definition) is 0. The van der Waals surface area contributed by atoms with Gasteiger partial charge in [-0.15, -0.1) is 0 Å². The molecular weight excluding hydrogens is 258 g/mol. The average Bonchev–Trinajstić information content (AvgIpc) is 2.50. The summed E-state index contributed by atoms with van der Waals surface area (Å²) in [6.45, 7) is 2.67. The molecule has 1 heterocycles. The van der Waals surface area contributed by atoms with E-state index in [4.69, 9.17) is 0 Å². The van der Waals surface area contributed by atoms with E-state index in [1.165, 1.54) is 5.56 Å². The summed E-state index contributed by atoms with van der Waals surface area (Å²) in [5.41, 5.74) is 4.57. The van der Waals surface area contributed by atoms with Crippen molar-refractivity contribution in [3.8, 4) is 11.1 Å². The van der Waals surface area contributed by atoms with E-state index in [1.807, 2.05) is 48.7 Å². The van der Waals surface area contributed by atoms with Crippen molar-refractivity contribution in [2.24, 2.45) is 0 Å². The zero-order valence-corrected chi connectivity index (χ0v) is 12.0. The van der Waals surface area contributed by atoms with Gasteiger partial charge >= 0.3 is 0 Å². The van der Waals surface area contributed by atoms with Gasteiger partial charge < -0.3 is 4.57 Å². The van der Waals surface area contributed by atoms with Crippen LogP contribution >= 0.6 is 0 Å². The molecule has 0 atom stereocenters. The highest BCUT2D eigenvalue weighted by atomic mass is 16.1. The van der Waals surface area contributed by atoms with E-state index in [2.05, 4.69) is 25.1 Å². The summed E-state index contributed by atoms with van der Waals surface area (Å²) in [4.78, 5) is 12.0. The maximum atomic E-state index is 12.0.